The summed E-state index contributed by atoms with van der Waals surface area (Å²) < 4.78 is 0. The van der Waals surface area contributed by atoms with Gasteiger partial charge in [-0.05, 0) is 45.6 Å². The van der Waals surface area contributed by atoms with E-state index in [1.807, 2.05) is 0 Å². The van der Waals surface area contributed by atoms with E-state index in [0.29, 0.717) is 5.41 Å². The maximum Gasteiger partial charge on any atom is 0.0978 e. The Hall–Kier alpha value is -1.07. The Labute approximate surface area is 105 Å². The normalized spacial score (nSPS) is 31.3. The summed E-state index contributed by atoms with van der Waals surface area (Å²) in [5.41, 5.74) is 6.02. The monoisotopic (exact) mass is 229 g/mol. The minimum atomic E-state index is 0.0210. The van der Waals surface area contributed by atoms with E-state index in [1.54, 1.807) is 0 Å². The molecule has 1 fully saturated rings. The molecule has 0 radical (unpaired) electrons. The van der Waals surface area contributed by atoms with Gasteiger partial charge in [0.05, 0.1) is 5.54 Å². The second-order valence-corrected chi connectivity index (χ2v) is 6.28. The molecule has 92 valence electrons. The van der Waals surface area contributed by atoms with E-state index in [-0.39, 0.29) is 11.0 Å². The predicted octanol–water partition coefficient (Wildman–Crippen LogP) is 4.31. The van der Waals surface area contributed by atoms with Gasteiger partial charge >= 0.3 is 0 Å². The van der Waals surface area contributed by atoms with Crippen molar-refractivity contribution < 1.29 is 0 Å². The topological polar surface area (TPSA) is 12.4 Å². The zero-order valence-electron chi connectivity index (χ0n) is 11.6. The fraction of sp³-hybridized carbons (Fsp3) is 0.625. The van der Waals surface area contributed by atoms with Crippen LogP contribution in [0.15, 0.2) is 35.0 Å². The highest BCUT2D eigenvalue weighted by atomic mass is 15.0. The van der Waals surface area contributed by atoms with Gasteiger partial charge in [-0.3, -0.25) is 4.99 Å². The Balaban J connectivity index is 2.26. The average molecular weight is 229 g/mol. The van der Waals surface area contributed by atoms with Crippen molar-refractivity contribution in [2.24, 2.45) is 15.8 Å². The first kappa shape index (κ1) is 12.4. The van der Waals surface area contributed by atoms with Crippen LogP contribution in [0.2, 0.25) is 0 Å². The van der Waals surface area contributed by atoms with E-state index in [4.69, 9.17) is 0 Å². The fourth-order valence-corrected chi connectivity index (χ4v) is 2.86. The first-order valence-corrected chi connectivity index (χ1v) is 6.39. The largest absolute Gasteiger partial charge is 0.282 e. The van der Waals surface area contributed by atoms with Crippen LogP contribution >= 0.6 is 0 Å². The molecular weight excluding hydrogens is 206 g/mol. The van der Waals surface area contributed by atoms with Gasteiger partial charge in [-0.2, -0.15) is 0 Å². The third kappa shape index (κ3) is 1.73. The Morgan fingerprint density at radius 1 is 1.47 bits per heavy atom. The number of hydrogen-bond acceptors (Lipinski definition) is 1. The van der Waals surface area contributed by atoms with E-state index in [9.17, 15) is 0 Å². The predicted molar refractivity (Wildman–Crippen MR) is 74.4 cm³/mol. The van der Waals surface area contributed by atoms with Gasteiger partial charge in [0.25, 0.3) is 0 Å². The van der Waals surface area contributed by atoms with Crippen molar-refractivity contribution in [2.75, 3.05) is 0 Å². The molecule has 0 bridgehead atoms. The van der Waals surface area contributed by atoms with Crippen LogP contribution in [-0.2, 0) is 0 Å². The zero-order chi connectivity index (χ0) is 12.9. The summed E-state index contributed by atoms with van der Waals surface area (Å²) in [5.74, 6) is 0. The number of allylic oxidation sites excluding steroid dienone is 2. The van der Waals surface area contributed by atoms with E-state index in [0.717, 1.165) is 6.42 Å². The van der Waals surface area contributed by atoms with Crippen molar-refractivity contribution in [1.29, 1.82) is 0 Å². The van der Waals surface area contributed by atoms with Crippen LogP contribution in [0, 0.1) is 10.8 Å². The van der Waals surface area contributed by atoms with Gasteiger partial charge in [0.15, 0.2) is 0 Å². The minimum absolute atomic E-state index is 0.0210. The quantitative estimate of drug-likeness (QED) is 0.492. The molecule has 0 amide bonds. The molecular formula is C16H23N. The lowest BCUT2D eigenvalue weighted by molar-refractivity contribution is 0.275. The molecule has 0 aromatic heterocycles. The van der Waals surface area contributed by atoms with Gasteiger partial charge in [-0.15, -0.1) is 5.73 Å². The Bertz CT molecular complexity index is 438. The number of hydrogen-bond donors (Lipinski definition) is 0. The van der Waals surface area contributed by atoms with E-state index in [2.05, 4.69) is 57.8 Å². The fourth-order valence-electron chi connectivity index (χ4n) is 2.86. The number of rotatable bonds is 5. The molecule has 1 aliphatic heterocycles. The second-order valence-electron chi connectivity index (χ2n) is 6.28. The highest BCUT2D eigenvalue weighted by Gasteiger charge is 2.62. The molecule has 0 spiro atoms. The van der Waals surface area contributed by atoms with Crippen LogP contribution in [0.3, 0.4) is 0 Å². The van der Waals surface area contributed by atoms with Crippen molar-refractivity contribution in [1.82, 2.24) is 0 Å². The summed E-state index contributed by atoms with van der Waals surface area (Å²) in [4.78, 5) is 4.50. The molecule has 1 aliphatic carbocycles. The van der Waals surface area contributed by atoms with Crippen molar-refractivity contribution in [3.63, 3.8) is 0 Å². The Morgan fingerprint density at radius 2 is 2.00 bits per heavy atom. The highest BCUT2D eigenvalue weighted by Crippen LogP contribution is 2.65. The van der Waals surface area contributed by atoms with E-state index in [1.165, 1.54) is 24.0 Å². The summed E-state index contributed by atoms with van der Waals surface area (Å²) in [5, 5.41) is 0. The molecule has 2 aliphatic rings. The van der Waals surface area contributed by atoms with Gasteiger partial charge in [-0.25, -0.2) is 0 Å². The standard InChI is InChI=1S/C16H23N/c1-7-13(4)14(5,12(2)3)10-16(8-9-16)15(6)11-17-15/h11H,1-2,8-10H2,3-6H3. The SMILES string of the molecule is C=C=C(C)C(C)(CC1(C2(C)C=N2)CC1)C(=C)C. The first-order chi connectivity index (χ1) is 7.80. The van der Waals surface area contributed by atoms with Gasteiger partial charge in [0.2, 0.25) is 0 Å². The van der Waals surface area contributed by atoms with E-state index >= 15 is 0 Å². The molecule has 1 saturated carbocycles. The zero-order valence-corrected chi connectivity index (χ0v) is 11.6. The maximum atomic E-state index is 4.50. The van der Waals surface area contributed by atoms with Crippen LogP contribution in [0.25, 0.3) is 0 Å². The van der Waals surface area contributed by atoms with Gasteiger partial charge in [0.1, 0.15) is 0 Å². The summed E-state index contributed by atoms with van der Waals surface area (Å²) in [6.07, 6.45) is 5.82. The molecule has 1 heterocycles. The van der Waals surface area contributed by atoms with Gasteiger partial charge < -0.3 is 0 Å². The van der Waals surface area contributed by atoms with Crippen LogP contribution in [0.5, 0.6) is 0 Å². The molecule has 1 nitrogen and oxygen atoms in total. The van der Waals surface area contributed by atoms with Crippen molar-refractivity contribution >= 4 is 6.21 Å². The van der Waals surface area contributed by atoms with Crippen LogP contribution < -0.4 is 0 Å². The lowest BCUT2D eigenvalue weighted by Gasteiger charge is -2.36. The summed E-state index contributed by atoms with van der Waals surface area (Å²) in [6, 6.07) is 0. The third-order valence-corrected chi connectivity index (χ3v) is 5.17. The Morgan fingerprint density at radius 3 is 2.29 bits per heavy atom. The number of nitrogens with zero attached hydrogens (tertiary/aromatic N) is 1. The molecule has 0 saturated heterocycles. The molecule has 0 aromatic rings. The molecule has 0 N–H and O–H groups in total. The maximum absolute atomic E-state index is 4.50. The summed E-state index contributed by atoms with van der Waals surface area (Å²) in [7, 11) is 0. The molecule has 0 aromatic carbocycles. The molecule has 2 atom stereocenters. The molecule has 17 heavy (non-hydrogen) atoms. The van der Waals surface area contributed by atoms with E-state index < -0.39 is 0 Å². The highest BCUT2D eigenvalue weighted by molar-refractivity contribution is 5.85. The average Bonchev–Trinajstić information content (AvgIpc) is 3.15. The lowest BCUT2D eigenvalue weighted by atomic mass is 9.67. The molecule has 2 rings (SSSR count). The summed E-state index contributed by atoms with van der Waals surface area (Å²) >= 11 is 0. The van der Waals surface area contributed by atoms with Gasteiger partial charge in [-0.1, -0.05) is 25.7 Å². The van der Waals surface area contributed by atoms with Crippen LogP contribution in [-0.4, -0.2) is 11.8 Å². The van der Waals surface area contributed by atoms with Crippen molar-refractivity contribution in [3.05, 3.63) is 30.0 Å². The third-order valence-electron chi connectivity index (χ3n) is 5.17. The Kier molecular flexibility index (Phi) is 2.52. The van der Waals surface area contributed by atoms with Crippen molar-refractivity contribution in [3.8, 4) is 0 Å². The van der Waals surface area contributed by atoms with Gasteiger partial charge in [0, 0.05) is 17.0 Å². The molecule has 2 unspecified atom stereocenters. The summed E-state index contributed by atoms with van der Waals surface area (Å²) in [6.45, 7) is 16.7. The minimum Gasteiger partial charge on any atom is -0.282 e. The lowest BCUT2D eigenvalue weighted by Crippen LogP contribution is -2.32. The number of aliphatic imine (C=N–C) groups is 1. The smallest absolute Gasteiger partial charge is 0.0978 e. The van der Waals surface area contributed by atoms with Crippen LogP contribution in [0.1, 0.15) is 47.0 Å². The first-order valence-electron chi connectivity index (χ1n) is 6.39. The second kappa shape index (κ2) is 3.46. The molecule has 1 heteroatoms. The van der Waals surface area contributed by atoms with Crippen molar-refractivity contribution in [2.45, 2.75) is 52.5 Å². The van der Waals surface area contributed by atoms with Crippen LogP contribution in [0.4, 0.5) is 0 Å².